The third kappa shape index (κ3) is 5.67. The fourth-order valence-corrected chi connectivity index (χ4v) is 2.70. The van der Waals surface area contributed by atoms with Crippen LogP contribution in [0.3, 0.4) is 0 Å². The Kier molecular flexibility index (Phi) is 6.70. The SMILES string of the molecule is Cc1nnc(C(CC(C)C)NC(=O)CCC(=O)c2ccccc2Cl)o1. The van der Waals surface area contributed by atoms with Gasteiger partial charge in [0.05, 0.1) is 5.02 Å². The van der Waals surface area contributed by atoms with Crippen molar-refractivity contribution in [1.82, 2.24) is 15.5 Å². The first kappa shape index (κ1) is 19.1. The zero-order valence-electron chi connectivity index (χ0n) is 14.6. The number of hydrogen-bond acceptors (Lipinski definition) is 5. The largest absolute Gasteiger partial charge is 0.423 e. The van der Waals surface area contributed by atoms with E-state index in [0.717, 1.165) is 0 Å². The molecule has 1 aromatic carbocycles. The zero-order chi connectivity index (χ0) is 18.4. The molecule has 0 bridgehead atoms. The molecule has 1 amide bonds. The summed E-state index contributed by atoms with van der Waals surface area (Å²) in [5, 5.41) is 11.1. The Morgan fingerprint density at radius 2 is 1.92 bits per heavy atom. The van der Waals surface area contributed by atoms with Crippen LogP contribution in [-0.4, -0.2) is 21.9 Å². The Labute approximate surface area is 152 Å². The van der Waals surface area contributed by atoms with E-state index in [1.54, 1.807) is 31.2 Å². The summed E-state index contributed by atoms with van der Waals surface area (Å²) in [7, 11) is 0. The minimum atomic E-state index is -0.357. The maximum Gasteiger partial charge on any atom is 0.238 e. The summed E-state index contributed by atoms with van der Waals surface area (Å²) in [6, 6.07) is 6.46. The molecule has 0 saturated heterocycles. The average molecular weight is 364 g/mol. The number of hydrogen-bond donors (Lipinski definition) is 1. The monoisotopic (exact) mass is 363 g/mol. The van der Waals surface area contributed by atoms with Crippen molar-refractivity contribution >= 4 is 23.3 Å². The van der Waals surface area contributed by atoms with Crippen molar-refractivity contribution in [1.29, 1.82) is 0 Å². The minimum Gasteiger partial charge on any atom is -0.423 e. The molecule has 0 fully saturated rings. The lowest BCUT2D eigenvalue weighted by Gasteiger charge is -2.17. The van der Waals surface area contributed by atoms with Crippen LogP contribution in [0.2, 0.25) is 5.02 Å². The summed E-state index contributed by atoms with van der Waals surface area (Å²) >= 11 is 6.01. The second-order valence-electron chi connectivity index (χ2n) is 6.31. The maximum absolute atomic E-state index is 12.2. The summed E-state index contributed by atoms with van der Waals surface area (Å²) < 4.78 is 5.44. The highest BCUT2D eigenvalue weighted by Gasteiger charge is 2.22. The third-order valence-electron chi connectivity index (χ3n) is 3.64. The molecule has 0 aliphatic heterocycles. The van der Waals surface area contributed by atoms with Crippen molar-refractivity contribution in [2.45, 2.75) is 46.1 Å². The van der Waals surface area contributed by atoms with Gasteiger partial charge in [0.2, 0.25) is 17.7 Å². The molecule has 25 heavy (non-hydrogen) atoms. The number of ketones is 1. The van der Waals surface area contributed by atoms with Crippen LogP contribution in [0.5, 0.6) is 0 Å². The molecule has 2 rings (SSSR count). The Bertz CT molecular complexity index is 743. The van der Waals surface area contributed by atoms with Crippen molar-refractivity contribution in [3.8, 4) is 0 Å². The van der Waals surface area contributed by atoms with Gasteiger partial charge in [0.25, 0.3) is 0 Å². The number of benzene rings is 1. The summed E-state index contributed by atoms with van der Waals surface area (Å²) in [6.45, 7) is 5.79. The molecule has 6 nitrogen and oxygen atoms in total. The zero-order valence-corrected chi connectivity index (χ0v) is 15.3. The van der Waals surface area contributed by atoms with Crippen molar-refractivity contribution in [2.24, 2.45) is 5.92 Å². The van der Waals surface area contributed by atoms with E-state index in [4.69, 9.17) is 16.0 Å². The van der Waals surface area contributed by atoms with E-state index in [1.807, 2.05) is 13.8 Å². The molecular weight excluding hydrogens is 342 g/mol. The molecule has 0 radical (unpaired) electrons. The highest BCUT2D eigenvalue weighted by molar-refractivity contribution is 6.34. The molecular formula is C18H22ClN3O3. The number of nitrogens with zero attached hydrogens (tertiary/aromatic N) is 2. The molecule has 1 atom stereocenters. The second-order valence-corrected chi connectivity index (χ2v) is 6.72. The van der Waals surface area contributed by atoms with Crippen LogP contribution in [0, 0.1) is 12.8 Å². The fourth-order valence-electron chi connectivity index (χ4n) is 2.46. The van der Waals surface area contributed by atoms with E-state index in [2.05, 4.69) is 15.5 Å². The van der Waals surface area contributed by atoms with Crippen LogP contribution in [0.25, 0.3) is 0 Å². The van der Waals surface area contributed by atoms with Crippen molar-refractivity contribution < 1.29 is 14.0 Å². The Hall–Kier alpha value is -2.21. The van der Waals surface area contributed by atoms with Gasteiger partial charge in [-0.15, -0.1) is 10.2 Å². The van der Waals surface area contributed by atoms with Crippen molar-refractivity contribution in [2.75, 3.05) is 0 Å². The van der Waals surface area contributed by atoms with Crippen LogP contribution in [0.15, 0.2) is 28.7 Å². The molecule has 0 spiro atoms. The molecule has 2 aromatic rings. The summed E-state index contributed by atoms with van der Waals surface area (Å²) in [6.07, 6.45) is 0.838. The number of halogens is 1. The standard InChI is InChI=1S/C18H22ClN3O3/c1-11(2)10-15(18-22-21-12(3)25-18)20-17(24)9-8-16(23)13-6-4-5-7-14(13)19/h4-7,11,15H,8-10H2,1-3H3,(H,20,24). The van der Waals surface area contributed by atoms with Crippen LogP contribution >= 0.6 is 11.6 Å². The number of nitrogens with one attached hydrogen (secondary N) is 1. The predicted molar refractivity (Wildman–Crippen MR) is 94.4 cm³/mol. The van der Waals surface area contributed by atoms with Crippen molar-refractivity contribution in [3.63, 3.8) is 0 Å². The molecule has 1 unspecified atom stereocenters. The first-order chi connectivity index (χ1) is 11.9. The van der Waals surface area contributed by atoms with E-state index >= 15 is 0 Å². The summed E-state index contributed by atoms with van der Waals surface area (Å²) in [5.74, 6) is 0.780. The first-order valence-electron chi connectivity index (χ1n) is 8.24. The molecule has 1 N–H and O–H groups in total. The number of aryl methyl sites for hydroxylation is 1. The van der Waals surface area contributed by atoms with E-state index in [1.165, 1.54) is 0 Å². The smallest absolute Gasteiger partial charge is 0.238 e. The van der Waals surface area contributed by atoms with Crippen LogP contribution in [0.1, 0.15) is 61.3 Å². The maximum atomic E-state index is 12.2. The molecule has 1 aromatic heterocycles. The third-order valence-corrected chi connectivity index (χ3v) is 3.97. The normalized spacial score (nSPS) is 12.2. The molecule has 7 heteroatoms. The van der Waals surface area contributed by atoms with E-state index in [9.17, 15) is 9.59 Å². The number of amides is 1. The molecule has 134 valence electrons. The van der Waals surface area contributed by atoms with Gasteiger partial charge >= 0.3 is 0 Å². The van der Waals surface area contributed by atoms with Crippen LogP contribution < -0.4 is 5.32 Å². The lowest BCUT2D eigenvalue weighted by Crippen LogP contribution is -2.30. The van der Waals surface area contributed by atoms with Gasteiger partial charge < -0.3 is 9.73 Å². The number of Topliss-reactive ketones (excluding diaryl/α,β-unsaturated/α-hetero) is 1. The molecule has 1 heterocycles. The highest BCUT2D eigenvalue weighted by Crippen LogP contribution is 2.21. The molecule has 0 aliphatic carbocycles. The topological polar surface area (TPSA) is 85.1 Å². The van der Waals surface area contributed by atoms with Gasteiger partial charge in [-0.3, -0.25) is 9.59 Å². The van der Waals surface area contributed by atoms with Gasteiger partial charge in [0.15, 0.2) is 5.78 Å². The van der Waals surface area contributed by atoms with Gasteiger partial charge in [-0.25, -0.2) is 0 Å². The lowest BCUT2D eigenvalue weighted by atomic mass is 10.0. The number of aromatic nitrogens is 2. The Morgan fingerprint density at radius 3 is 2.52 bits per heavy atom. The predicted octanol–water partition coefficient (Wildman–Crippen LogP) is 3.90. The van der Waals surface area contributed by atoms with Crippen LogP contribution in [-0.2, 0) is 4.79 Å². The second kappa shape index (κ2) is 8.76. The van der Waals surface area contributed by atoms with E-state index < -0.39 is 0 Å². The average Bonchev–Trinajstić information content (AvgIpc) is 2.98. The minimum absolute atomic E-state index is 0.0752. The van der Waals surface area contributed by atoms with E-state index in [0.29, 0.717) is 34.7 Å². The summed E-state index contributed by atoms with van der Waals surface area (Å²) in [5.41, 5.74) is 0.434. The summed E-state index contributed by atoms with van der Waals surface area (Å²) in [4.78, 5) is 24.5. The van der Waals surface area contributed by atoms with Gasteiger partial charge in [0, 0.05) is 25.3 Å². The highest BCUT2D eigenvalue weighted by atomic mass is 35.5. The van der Waals surface area contributed by atoms with Gasteiger partial charge in [0.1, 0.15) is 6.04 Å². The van der Waals surface area contributed by atoms with Gasteiger partial charge in [-0.05, 0) is 24.5 Å². The quantitative estimate of drug-likeness (QED) is 0.719. The van der Waals surface area contributed by atoms with Crippen LogP contribution in [0.4, 0.5) is 0 Å². The Balaban J connectivity index is 1.95. The number of rotatable bonds is 8. The Morgan fingerprint density at radius 1 is 1.20 bits per heavy atom. The fraction of sp³-hybridized carbons (Fsp3) is 0.444. The number of carbonyl (C=O) groups is 2. The van der Waals surface area contributed by atoms with Gasteiger partial charge in [-0.1, -0.05) is 37.6 Å². The number of carbonyl (C=O) groups excluding carboxylic acids is 2. The molecule has 0 aliphatic rings. The van der Waals surface area contributed by atoms with E-state index in [-0.39, 0.29) is 30.6 Å². The van der Waals surface area contributed by atoms with Crippen molar-refractivity contribution in [3.05, 3.63) is 46.6 Å². The molecule has 0 saturated carbocycles. The van der Waals surface area contributed by atoms with Gasteiger partial charge in [-0.2, -0.15) is 0 Å². The first-order valence-corrected chi connectivity index (χ1v) is 8.61. The lowest BCUT2D eigenvalue weighted by molar-refractivity contribution is -0.122.